The number of aryl methyl sites for hydroxylation is 4. The van der Waals surface area contributed by atoms with E-state index in [9.17, 15) is 0 Å². The van der Waals surface area contributed by atoms with Crippen LogP contribution in [0.15, 0.2) is 54.7 Å². The van der Waals surface area contributed by atoms with Gasteiger partial charge in [0.15, 0.2) is 17.3 Å². The number of benzene rings is 3. The van der Waals surface area contributed by atoms with Crippen LogP contribution in [0.25, 0.3) is 10.8 Å². The molecule has 162 valence electrons. The Labute approximate surface area is 190 Å². The Bertz CT molecular complexity index is 1360. The van der Waals surface area contributed by atoms with Gasteiger partial charge in [0.05, 0.1) is 11.4 Å². The third kappa shape index (κ3) is 3.24. The Hall–Kier alpha value is -3.33. The van der Waals surface area contributed by atoms with Crippen LogP contribution in [-0.2, 0) is 5.41 Å². The van der Waals surface area contributed by atoms with Crippen molar-refractivity contribution in [3.05, 3.63) is 82.5 Å². The smallest absolute Gasteiger partial charge is 0.182 e. The predicted molar refractivity (Wildman–Crippen MR) is 134 cm³/mol. The van der Waals surface area contributed by atoms with Gasteiger partial charge in [-0.05, 0) is 73.6 Å². The van der Waals surface area contributed by atoms with Crippen LogP contribution >= 0.6 is 0 Å². The minimum atomic E-state index is 0.0950. The van der Waals surface area contributed by atoms with Crippen LogP contribution in [0.4, 0.5) is 17.2 Å². The quantitative estimate of drug-likeness (QED) is 0.271. The summed E-state index contributed by atoms with van der Waals surface area (Å²) in [7, 11) is 0. The molecule has 1 aliphatic heterocycles. The molecule has 4 aromatic rings. The van der Waals surface area contributed by atoms with E-state index in [-0.39, 0.29) is 5.41 Å². The largest absolute Gasteiger partial charge is 0.451 e. The molecular weight excluding hydrogens is 392 g/mol. The molecule has 3 heteroatoms. The van der Waals surface area contributed by atoms with Gasteiger partial charge in [-0.25, -0.2) is 4.98 Å². The lowest BCUT2D eigenvalue weighted by molar-refractivity contribution is 0.479. The van der Waals surface area contributed by atoms with Gasteiger partial charge in [0.2, 0.25) is 0 Å². The van der Waals surface area contributed by atoms with Crippen molar-refractivity contribution in [2.75, 3.05) is 4.90 Å². The third-order valence-electron chi connectivity index (χ3n) is 6.34. The van der Waals surface area contributed by atoms with Gasteiger partial charge in [-0.3, -0.25) is 4.90 Å². The number of aromatic nitrogens is 1. The molecule has 2 heterocycles. The zero-order valence-electron chi connectivity index (χ0n) is 20.0. The summed E-state index contributed by atoms with van der Waals surface area (Å²) >= 11 is 0. The first-order valence-electron chi connectivity index (χ1n) is 11.2. The molecule has 0 saturated carbocycles. The van der Waals surface area contributed by atoms with Gasteiger partial charge < -0.3 is 4.74 Å². The SMILES string of the molecule is Cc1ccc2c(c1)N(c1c(C)cc(C(C)(C)C)cc1C)c1ncc3cc(C)ccc3c1O2. The highest BCUT2D eigenvalue weighted by Crippen LogP contribution is 2.53. The van der Waals surface area contributed by atoms with E-state index in [0.29, 0.717) is 0 Å². The minimum Gasteiger partial charge on any atom is -0.451 e. The second-order valence-corrected chi connectivity index (χ2v) is 10.1. The minimum absolute atomic E-state index is 0.0950. The molecule has 0 radical (unpaired) electrons. The Morgan fingerprint density at radius 3 is 2.16 bits per heavy atom. The van der Waals surface area contributed by atoms with Gasteiger partial charge in [0.25, 0.3) is 0 Å². The van der Waals surface area contributed by atoms with Crippen molar-refractivity contribution in [3.63, 3.8) is 0 Å². The van der Waals surface area contributed by atoms with Gasteiger partial charge in [0, 0.05) is 17.0 Å². The fourth-order valence-corrected chi connectivity index (χ4v) is 4.65. The summed E-state index contributed by atoms with van der Waals surface area (Å²) in [5.74, 6) is 2.52. The van der Waals surface area contributed by atoms with Crippen molar-refractivity contribution in [2.45, 2.75) is 53.9 Å². The monoisotopic (exact) mass is 422 g/mol. The van der Waals surface area contributed by atoms with E-state index < -0.39 is 0 Å². The molecule has 1 aliphatic rings. The maximum absolute atomic E-state index is 6.49. The van der Waals surface area contributed by atoms with Gasteiger partial charge >= 0.3 is 0 Å². The standard InChI is InChI=1S/C29H30N2O/c1-17-8-10-23-21(12-17)16-30-28-27(23)32-25-11-9-18(2)13-24(25)31(28)26-19(3)14-22(15-20(26)4)29(5,6)7/h8-16H,1-7H3. The molecule has 1 aromatic heterocycles. The van der Waals surface area contributed by atoms with Gasteiger partial charge in [-0.2, -0.15) is 0 Å². The number of anilines is 3. The fraction of sp³-hybridized carbons (Fsp3) is 0.276. The molecule has 0 atom stereocenters. The highest BCUT2D eigenvalue weighted by molar-refractivity contribution is 5.98. The van der Waals surface area contributed by atoms with Crippen molar-refractivity contribution in [1.29, 1.82) is 0 Å². The van der Waals surface area contributed by atoms with Crippen LogP contribution in [0, 0.1) is 27.7 Å². The molecule has 0 unspecified atom stereocenters. The normalized spacial score (nSPS) is 13.0. The summed E-state index contributed by atoms with van der Waals surface area (Å²) in [5.41, 5.74) is 8.53. The number of pyridine rings is 1. The lowest BCUT2D eigenvalue weighted by Crippen LogP contribution is -2.20. The molecule has 0 N–H and O–H groups in total. The Balaban J connectivity index is 1.82. The van der Waals surface area contributed by atoms with E-state index >= 15 is 0 Å². The van der Waals surface area contributed by atoms with Crippen LogP contribution in [0.5, 0.6) is 11.5 Å². The summed E-state index contributed by atoms with van der Waals surface area (Å²) in [4.78, 5) is 7.22. The van der Waals surface area contributed by atoms with E-state index in [1.165, 1.54) is 33.5 Å². The highest BCUT2D eigenvalue weighted by atomic mass is 16.5. The Morgan fingerprint density at radius 2 is 1.47 bits per heavy atom. The fourth-order valence-electron chi connectivity index (χ4n) is 4.65. The van der Waals surface area contributed by atoms with Gasteiger partial charge in [-0.1, -0.05) is 56.7 Å². The van der Waals surface area contributed by atoms with E-state index in [0.717, 1.165) is 33.8 Å². The molecule has 3 nitrogen and oxygen atoms in total. The molecule has 3 aromatic carbocycles. The second kappa shape index (κ2) is 7.09. The first-order valence-corrected chi connectivity index (χ1v) is 11.2. The van der Waals surface area contributed by atoms with E-state index in [1.807, 2.05) is 6.20 Å². The van der Waals surface area contributed by atoms with Crippen molar-refractivity contribution >= 4 is 28.0 Å². The number of ether oxygens (including phenoxy) is 1. The van der Waals surface area contributed by atoms with Crippen LogP contribution in [-0.4, -0.2) is 4.98 Å². The lowest BCUT2D eigenvalue weighted by Gasteiger charge is -2.35. The molecule has 0 fully saturated rings. The first kappa shape index (κ1) is 20.6. The second-order valence-electron chi connectivity index (χ2n) is 10.1. The molecule has 0 spiro atoms. The van der Waals surface area contributed by atoms with Crippen LogP contribution in [0.2, 0.25) is 0 Å². The van der Waals surface area contributed by atoms with E-state index in [4.69, 9.17) is 9.72 Å². The molecule has 0 aliphatic carbocycles. The number of rotatable bonds is 1. The first-order chi connectivity index (χ1) is 15.1. The molecule has 32 heavy (non-hydrogen) atoms. The van der Waals surface area contributed by atoms with E-state index in [1.54, 1.807) is 0 Å². The summed E-state index contributed by atoms with van der Waals surface area (Å²) in [5, 5.41) is 2.18. The Kier molecular flexibility index (Phi) is 4.56. The maximum atomic E-state index is 6.49. The third-order valence-corrected chi connectivity index (χ3v) is 6.34. The topological polar surface area (TPSA) is 25.4 Å². The van der Waals surface area contributed by atoms with Crippen molar-refractivity contribution in [3.8, 4) is 11.5 Å². The lowest BCUT2D eigenvalue weighted by atomic mass is 9.84. The molecule has 0 bridgehead atoms. The zero-order chi connectivity index (χ0) is 22.8. The van der Waals surface area contributed by atoms with Gasteiger partial charge in [-0.15, -0.1) is 0 Å². The molecule has 0 saturated heterocycles. The summed E-state index contributed by atoms with van der Waals surface area (Å²) in [6, 6.07) is 17.4. The highest BCUT2D eigenvalue weighted by Gasteiger charge is 2.31. The average Bonchev–Trinajstić information content (AvgIpc) is 2.72. The molecule has 5 rings (SSSR count). The predicted octanol–water partition coefficient (Wildman–Crippen LogP) is 8.34. The summed E-state index contributed by atoms with van der Waals surface area (Å²) in [6.07, 6.45) is 1.96. The maximum Gasteiger partial charge on any atom is 0.182 e. The van der Waals surface area contributed by atoms with E-state index in [2.05, 4.69) is 102 Å². The van der Waals surface area contributed by atoms with Gasteiger partial charge in [0.1, 0.15) is 0 Å². The van der Waals surface area contributed by atoms with Crippen molar-refractivity contribution < 1.29 is 4.74 Å². The average molecular weight is 423 g/mol. The number of nitrogens with zero attached hydrogens (tertiary/aromatic N) is 2. The number of fused-ring (bicyclic) bond motifs is 4. The summed E-state index contributed by atoms with van der Waals surface area (Å²) in [6.45, 7) is 15.4. The number of hydrogen-bond donors (Lipinski definition) is 0. The Morgan fingerprint density at radius 1 is 0.812 bits per heavy atom. The van der Waals surface area contributed by atoms with Crippen LogP contribution < -0.4 is 9.64 Å². The summed E-state index contributed by atoms with van der Waals surface area (Å²) < 4.78 is 6.49. The van der Waals surface area contributed by atoms with Crippen LogP contribution in [0.1, 0.15) is 48.6 Å². The van der Waals surface area contributed by atoms with Crippen molar-refractivity contribution in [2.24, 2.45) is 0 Å². The number of hydrogen-bond acceptors (Lipinski definition) is 3. The zero-order valence-corrected chi connectivity index (χ0v) is 20.0. The molecular formula is C29H30N2O. The van der Waals surface area contributed by atoms with Crippen LogP contribution in [0.3, 0.4) is 0 Å². The van der Waals surface area contributed by atoms with Crippen molar-refractivity contribution in [1.82, 2.24) is 4.98 Å². The molecule has 0 amide bonds.